The Labute approximate surface area is 196 Å². The van der Waals surface area contributed by atoms with Crippen molar-refractivity contribution in [2.75, 3.05) is 17.7 Å². The molecule has 33 heavy (non-hydrogen) atoms. The third-order valence-electron chi connectivity index (χ3n) is 4.35. The van der Waals surface area contributed by atoms with Gasteiger partial charge in [-0.05, 0) is 29.8 Å². The summed E-state index contributed by atoms with van der Waals surface area (Å²) in [7, 11) is -2.26. The van der Waals surface area contributed by atoms with Gasteiger partial charge in [0.2, 0.25) is 0 Å². The molecule has 0 spiro atoms. The van der Waals surface area contributed by atoms with Crippen LogP contribution >= 0.6 is 22.9 Å². The molecule has 0 saturated carbocycles. The van der Waals surface area contributed by atoms with Crippen LogP contribution < -0.4 is 20.9 Å². The number of H-pyrrole nitrogens is 1. The Kier molecular flexibility index (Phi) is 6.18. The lowest BCUT2D eigenvalue weighted by Crippen LogP contribution is -2.34. The summed E-state index contributed by atoms with van der Waals surface area (Å²) in [5, 5.41) is 8.25. The third kappa shape index (κ3) is 5.05. The Morgan fingerprint density at radius 3 is 2.48 bits per heavy atom. The Hall–Kier alpha value is -3.68. The molecular weight excluding hydrogens is 490 g/mol. The predicted octanol–water partition coefficient (Wildman–Crippen LogP) is 2.89. The monoisotopic (exact) mass is 505 g/mol. The topological polar surface area (TPSA) is 151 Å². The molecule has 170 valence electrons. The van der Waals surface area contributed by atoms with Crippen molar-refractivity contribution in [3.63, 3.8) is 0 Å². The van der Waals surface area contributed by atoms with Gasteiger partial charge in [-0.3, -0.25) is 15.2 Å². The molecule has 3 heterocycles. The van der Waals surface area contributed by atoms with Crippen LogP contribution in [0.5, 0.6) is 0 Å². The number of aromatic nitrogens is 4. The minimum absolute atomic E-state index is 0.0156. The van der Waals surface area contributed by atoms with E-state index in [1.165, 1.54) is 35.3 Å². The zero-order chi connectivity index (χ0) is 23.6. The largest absolute Gasteiger partial charge is 0.388 e. The van der Waals surface area contributed by atoms with Crippen LogP contribution in [0.2, 0.25) is 4.34 Å². The molecule has 4 aromatic rings. The van der Waals surface area contributed by atoms with E-state index < -0.39 is 16.1 Å². The zero-order valence-electron chi connectivity index (χ0n) is 16.9. The summed E-state index contributed by atoms with van der Waals surface area (Å²) in [5.41, 5.74) is 1.98. The van der Waals surface area contributed by atoms with Gasteiger partial charge in [-0.15, -0.1) is 11.3 Å². The average molecular weight is 506 g/mol. The molecule has 0 bridgehead atoms. The number of hydrogen-bond acceptors (Lipinski definition) is 8. The second-order valence-corrected chi connectivity index (χ2v) is 10.2. The van der Waals surface area contributed by atoms with Gasteiger partial charge in [-0.2, -0.15) is 4.68 Å². The molecule has 0 aliphatic rings. The fraction of sp³-hybridized carbons (Fsp3) is 0.0526. The van der Waals surface area contributed by atoms with Crippen LogP contribution in [-0.4, -0.2) is 41.2 Å². The van der Waals surface area contributed by atoms with E-state index in [4.69, 9.17) is 11.6 Å². The molecule has 4 N–H and O–H groups in total. The van der Waals surface area contributed by atoms with Crippen molar-refractivity contribution in [2.24, 2.45) is 0 Å². The zero-order valence-corrected chi connectivity index (χ0v) is 19.3. The maximum Gasteiger partial charge on any atom is 0.334 e. The van der Waals surface area contributed by atoms with E-state index in [9.17, 15) is 18.0 Å². The molecule has 0 unspecified atom stereocenters. The summed E-state index contributed by atoms with van der Waals surface area (Å²) in [5.74, 6) is 0.169. The molecule has 11 nitrogen and oxygen atoms in total. The highest BCUT2D eigenvalue weighted by Gasteiger charge is 2.20. The van der Waals surface area contributed by atoms with Gasteiger partial charge in [0.15, 0.2) is 11.6 Å². The lowest BCUT2D eigenvalue weighted by molar-refractivity contribution is 0.256. The van der Waals surface area contributed by atoms with Crippen LogP contribution in [0.1, 0.15) is 0 Å². The number of amides is 2. The number of sulfonamides is 1. The summed E-state index contributed by atoms with van der Waals surface area (Å²) in [4.78, 5) is 32.6. The molecule has 14 heteroatoms. The smallest absolute Gasteiger partial charge is 0.334 e. The van der Waals surface area contributed by atoms with Crippen molar-refractivity contribution < 1.29 is 13.2 Å². The van der Waals surface area contributed by atoms with Gasteiger partial charge in [-0.1, -0.05) is 23.7 Å². The van der Waals surface area contributed by atoms with Gasteiger partial charge < -0.3 is 5.32 Å². The number of anilines is 2. The van der Waals surface area contributed by atoms with Crippen molar-refractivity contribution in [2.45, 2.75) is 4.21 Å². The molecular formula is C19H16ClN7O4S2. The molecule has 0 aliphatic carbocycles. The Balaban J connectivity index is 1.46. The molecule has 0 fully saturated rings. The number of aromatic amines is 1. The molecule has 0 aliphatic heterocycles. The number of nitrogens with zero attached hydrogens (tertiary/aromatic N) is 3. The van der Waals surface area contributed by atoms with Crippen LogP contribution in [0.4, 0.5) is 16.3 Å². The Morgan fingerprint density at radius 1 is 1.12 bits per heavy atom. The van der Waals surface area contributed by atoms with Gasteiger partial charge in [0, 0.05) is 18.8 Å². The minimum Gasteiger partial charge on any atom is -0.388 e. The number of thiophene rings is 1. The second kappa shape index (κ2) is 9.05. The highest BCUT2D eigenvalue weighted by molar-refractivity contribution is 7.92. The maximum atomic E-state index is 12.4. The quantitative estimate of drug-likeness (QED) is 0.314. The second-order valence-electron chi connectivity index (χ2n) is 6.55. The van der Waals surface area contributed by atoms with E-state index in [1.807, 2.05) is 36.0 Å². The van der Waals surface area contributed by atoms with E-state index >= 15 is 0 Å². The van der Waals surface area contributed by atoms with E-state index in [2.05, 4.69) is 25.7 Å². The number of carbonyl (C=O) groups is 1. The molecule has 0 atom stereocenters. The standard InChI is InChI=1S/C19H16ClN7O4S2/c1-21-12-4-2-11(3-5-12)13-8-17(28)27(25-13)16-10-22-15(9-23-16)24-19(29)26-33(30,31)18-7-6-14(20)32-18/h2-10,21,25H,1H3,(H2,22,24,26,29). The van der Waals surface area contributed by atoms with Crippen molar-refractivity contribution >= 4 is 50.5 Å². The minimum atomic E-state index is -4.07. The number of urea groups is 1. The van der Waals surface area contributed by atoms with Gasteiger partial charge in [0.25, 0.3) is 15.6 Å². The van der Waals surface area contributed by atoms with Crippen molar-refractivity contribution in [3.8, 4) is 17.1 Å². The number of benzene rings is 1. The van der Waals surface area contributed by atoms with Crippen molar-refractivity contribution in [1.82, 2.24) is 24.5 Å². The number of halogens is 1. The molecule has 3 aromatic heterocycles. The summed E-state index contributed by atoms with van der Waals surface area (Å²) in [6.45, 7) is 0. The fourth-order valence-electron chi connectivity index (χ4n) is 2.79. The van der Waals surface area contributed by atoms with Crippen LogP contribution in [0.25, 0.3) is 17.1 Å². The first-order valence-corrected chi connectivity index (χ1v) is 11.9. The van der Waals surface area contributed by atoms with E-state index in [0.29, 0.717) is 5.69 Å². The van der Waals surface area contributed by atoms with Crippen molar-refractivity contribution in [3.05, 3.63) is 69.5 Å². The first-order chi connectivity index (χ1) is 15.7. The van der Waals surface area contributed by atoms with E-state index in [-0.39, 0.29) is 25.7 Å². The molecule has 2 amide bonds. The first-order valence-electron chi connectivity index (χ1n) is 9.27. The first kappa shape index (κ1) is 22.5. The van der Waals surface area contributed by atoms with Gasteiger partial charge >= 0.3 is 6.03 Å². The van der Waals surface area contributed by atoms with Gasteiger partial charge in [0.05, 0.1) is 22.4 Å². The highest BCUT2D eigenvalue weighted by atomic mass is 35.5. The lowest BCUT2D eigenvalue weighted by Gasteiger charge is -2.07. The summed E-state index contributed by atoms with van der Waals surface area (Å²) >= 11 is 6.55. The maximum absolute atomic E-state index is 12.4. The summed E-state index contributed by atoms with van der Waals surface area (Å²) in [6.07, 6.45) is 2.45. The van der Waals surface area contributed by atoms with Crippen LogP contribution in [0.15, 0.2) is 63.9 Å². The fourth-order valence-corrected chi connectivity index (χ4v) is 5.18. The number of nitrogens with one attached hydrogen (secondary N) is 4. The summed E-state index contributed by atoms with van der Waals surface area (Å²) in [6, 6.07) is 10.6. The molecule has 0 radical (unpaired) electrons. The number of carbonyl (C=O) groups excluding carboxylic acids is 1. The van der Waals surface area contributed by atoms with Crippen LogP contribution in [0, 0.1) is 0 Å². The lowest BCUT2D eigenvalue weighted by atomic mass is 10.1. The normalized spacial score (nSPS) is 11.2. The van der Waals surface area contributed by atoms with Gasteiger partial charge in [-0.25, -0.2) is 27.9 Å². The average Bonchev–Trinajstić information content (AvgIpc) is 3.40. The SMILES string of the molecule is CNc1ccc(-c2cc(=O)n(-c3cnc(NC(=O)NS(=O)(=O)c4ccc(Cl)s4)cn3)[nH]2)cc1. The van der Waals surface area contributed by atoms with Crippen LogP contribution in [0.3, 0.4) is 0 Å². The third-order valence-corrected chi connectivity index (χ3v) is 7.41. The molecule has 4 rings (SSSR count). The summed E-state index contributed by atoms with van der Waals surface area (Å²) < 4.78 is 27.6. The van der Waals surface area contributed by atoms with Crippen molar-refractivity contribution in [1.29, 1.82) is 0 Å². The van der Waals surface area contributed by atoms with Crippen LogP contribution in [-0.2, 0) is 10.0 Å². The number of hydrogen-bond donors (Lipinski definition) is 4. The number of rotatable bonds is 6. The predicted molar refractivity (Wildman–Crippen MR) is 126 cm³/mol. The Morgan fingerprint density at radius 2 is 1.88 bits per heavy atom. The Bertz CT molecular complexity index is 1460. The van der Waals surface area contributed by atoms with E-state index in [1.54, 1.807) is 0 Å². The van der Waals surface area contributed by atoms with Gasteiger partial charge in [0.1, 0.15) is 4.21 Å². The highest BCUT2D eigenvalue weighted by Crippen LogP contribution is 2.25. The molecule has 0 saturated heterocycles. The van der Waals surface area contributed by atoms with E-state index in [0.717, 1.165) is 22.6 Å². The molecule has 1 aromatic carbocycles.